The normalized spacial score (nSPS) is 11.1. The van der Waals surface area contributed by atoms with E-state index in [1.807, 2.05) is 26.0 Å². The minimum absolute atomic E-state index is 0.181. The number of pyridine rings is 1. The molecule has 0 unspecified atom stereocenters. The topological polar surface area (TPSA) is 37.3 Å². The van der Waals surface area contributed by atoms with Crippen molar-refractivity contribution in [2.45, 2.75) is 13.8 Å². The maximum Gasteiger partial charge on any atom is 0.166 e. The molecule has 1 N–H and O–H groups in total. The quantitative estimate of drug-likeness (QED) is 0.483. The van der Waals surface area contributed by atoms with Crippen LogP contribution in [0.1, 0.15) is 16.7 Å². The van der Waals surface area contributed by atoms with Crippen molar-refractivity contribution in [1.29, 1.82) is 0 Å². The van der Waals surface area contributed by atoms with Crippen LogP contribution < -0.4 is 5.43 Å². The van der Waals surface area contributed by atoms with E-state index in [2.05, 4.69) is 21.6 Å². The lowest BCUT2D eigenvalue weighted by Crippen LogP contribution is -1.96. The molecule has 2 aromatic rings. The molecule has 2 rings (SSSR count). The van der Waals surface area contributed by atoms with Crippen LogP contribution in [-0.4, -0.2) is 11.2 Å². The van der Waals surface area contributed by atoms with Gasteiger partial charge in [0.2, 0.25) is 0 Å². The highest BCUT2D eigenvalue weighted by Gasteiger charge is 2.06. The van der Waals surface area contributed by atoms with Crippen molar-refractivity contribution >= 4 is 46.8 Å². The van der Waals surface area contributed by atoms with Crippen LogP contribution in [0.5, 0.6) is 0 Å². The average molecular weight is 329 g/mol. The number of aromatic nitrogens is 1. The van der Waals surface area contributed by atoms with Gasteiger partial charge in [0.1, 0.15) is 5.15 Å². The maximum atomic E-state index is 5.99. The van der Waals surface area contributed by atoms with Gasteiger partial charge in [0.05, 0.1) is 16.3 Å². The van der Waals surface area contributed by atoms with E-state index in [0.717, 1.165) is 11.1 Å². The fourth-order valence-corrected chi connectivity index (χ4v) is 2.20. The Hall–Kier alpha value is -1.29. The van der Waals surface area contributed by atoms with E-state index in [1.165, 1.54) is 11.6 Å². The molecule has 0 saturated heterocycles. The molecule has 6 heteroatoms. The molecule has 1 aromatic carbocycles. The zero-order valence-electron chi connectivity index (χ0n) is 10.9. The van der Waals surface area contributed by atoms with E-state index in [9.17, 15) is 0 Å². The van der Waals surface area contributed by atoms with Gasteiger partial charge in [0.25, 0.3) is 0 Å². The van der Waals surface area contributed by atoms with Crippen LogP contribution in [0.2, 0.25) is 15.2 Å². The SMILES string of the molecule is Cc1ccc(/C=N\Nc2nc(Cl)c(Cl)cc2Cl)c(C)c1. The Labute approximate surface area is 132 Å². The van der Waals surface area contributed by atoms with Crippen molar-refractivity contribution in [3.63, 3.8) is 0 Å². The summed E-state index contributed by atoms with van der Waals surface area (Å²) in [4.78, 5) is 4.02. The Morgan fingerprint density at radius 2 is 1.85 bits per heavy atom. The molecule has 0 radical (unpaired) electrons. The number of hydrogen-bond donors (Lipinski definition) is 1. The van der Waals surface area contributed by atoms with Gasteiger partial charge in [-0.2, -0.15) is 5.10 Å². The fraction of sp³-hybridized carbons (Fsp3) is 0.143. The molecule has 0 atom stereocenters. The van der Waals surface area contributed by atoms with Gasteiger partial charge < -0.3 is 0 Å². The zero-order valence-corrected chi connectivity index (χ0v) is 13.2. The molecular formula is C14H12Cl3N3. The number of halogens is 3. The monoisotopic (exact) mass is 327 g/mol. The summed E-state index contributed by atoms with van der Waals surface area (Å²) in [5.74, 6) is 0.363. The van der Waals surface area contributed by atoms with E-state index in [1.54, 1.807) is 6.21 Å². The second kappa shape index (κ2) is 6.44. The van der Waals surface area contributed by atoms with Gasteiger partial charge >= 0.3 is 0 Å². The number of nitrogens with one attached hydrogen (secondary N) is 1. The van der Waals surface area contributed by atoms with Gasteiger partial charge in [-0.25, -0.2) is 4.98 Å². The molecule has 1 heterocycles. The minimum Gasteiger partial charge on any atom is -0.260 e. The van der Waals surface area contributed by atoms with Crippen molar-refractivity contribution in [2.24, 2.45) is 5.10 Å². The first-order chi connectivity index (χ1) is 9.47. The van der Waals surface area contributed by atoms with E-state index in [4.69, 9.17) is 34.8 Å². The standard InChI is InChI=1S/C14H12Cl3N3/c1-8-3-4-10(9(2)5-8)7-18-20-14-12(16)6-11(15)13(17)19-14/h3-7H,1-2H3,(H,19,20)/b18-7-. The van der Waals surface area contributed by atoms with Gasteiger partial charge in [-0.3, -0.25) is 5.43 Å². The summed E-state index contributed by atoms with van der Waals surface area (Å²) in [6.07, 6.45) is 1.70. The summed E-state index contributed by atoms with van der Waals surface area (Å²) in [5.41, 5.74) is 6.12. The third kappa shape index (κ3) is 3.63. The largest absolute Gasteiger partial charge is 0.260 e. The van der Waals surface area contributed by atoms with Crippen molar-refractivity contribution in [2.75, 3.05) is 5.43 Å². The van der Waals surface area contributed by atoms with Gasteiger partial charge in [-0.05, 0) is 31.0 Å². The molecule has 0 bridgehead atoms. The van der Waals surface area contributed by atoms with Gasteiger partial charge in [0.15, 0.2) is 5.82 Å². The van der Waals surface area contributed by atoms with Crippen LogP contribution in [0, 0.1) is 13.8 Å². The van der Waals surface area contributed by atoms with Gasteiger partial charge in [-0.1, -0.05) is 58.6 Å². The Morgan fingerprint density at radius 3 is 2.55 bits per heavy atom. The maximum absolute atomic E-state index is 5.99. The van der Waals surface area contributed by atoms with Crippen LogP contribution in [0.3, 0.4) is 0 Å². The number of rotatable bonds is 3. The molecule has 0 aliphatic heterocycles. The highest BCUT2D eigenvalue weighted by molar-refractivity contribution is 6.42. The summed E-state index contributed by atoms with van der Waals surface area (Å²) in [6.45, 7) is 4.07. The summed E-state index contributed by atoms with van der Waals surface area (Å²) in [5, 5.41) is 4.96. The van der Waals surface area contributed by atoms with Crippen LogP contribution in [-0.2, 0) is 0 Å². The molecule has 0 spiro atoms. The van der Waals surface area contributed by atoms with Gasteiger partial charge in [0, 0.05) is 0 Å². The Bertz CT molecular complexity index is 669. The van der Waals surface area contributed by atoms with E-state index < -0.39 is 0 Å². The number of hydrogen-bond acceptors (Lipinski definition) is 3. The van der Waals surface area contributed by atoms with Crippen molar-refractivity contribution in [3.8, 4) is 0 Å². The number of aryl methyl sites for hydroxylation is 2. The van der Waals surface area contributed by atoms with Gasteiger partial charge in [-0.15, -0.1) is 0 Å². The number of nitrogens with zero attached hydrogens (tertiary/aromatic N) is 2. The summed E-state index contributed by atoms with van der Waals surface area (Å²) >= 11 is 17.6. The molecule has 20 heavy (non-hydrogen) atoms. The molecule has 0 aliphatic rings. The second-order valence-corrected chi connectivity index (χ2v) is 5.49. The number of benzene rings is 1. The highest BCUT2D eigenvalue weighted by atomic mass is 35.5. The number of hydrazone groups is 1. The lowest BCUT2D eigenvalue weighted by atomic mass is 10.1. The molecule has 3 nitrogen and oxygen atoms in total. The average Bonchev–Trinajstić information content (AvgIpc) is 2.38. The Morgan fingerprint density at radius 1 is 1.10 bits per heavy atom. The fourth-order valence-electron chi connectivity index (χ4n) is 1.66. The zero-order chi connectivity index (χ0) is 14.7. The lowest BCUT2D eigenvalue weighted by molar-refractivity contribution is 1.23. The van der Waals surface area contributed by atoms with Crippen LogP contribution in [0.15, 0.2) is 29.4 Å². The van der Waals surface area contributed by atoms with Crippen molar-refractivity contribution in [3.05, 3.63) is 56.2 Å². The van der Waals surface area contributed by atoms with Crippen LogP contribution >= 0.6 is 34.8 Å². The summed E-state index contributed by atoms with van der Waals surface area (Å²) < 4.78 is 0. The summed E-state index contributed by atoms with van der Waals surface area (Å²) in [7, 11) is 0. The first kappa shape index (κ1) is 15.1. The highest BCUT2D eigenvalue weighted by Crippen LogP contribution is 2.28. The second-order valence-electron chi connectivity index (χ2n) is 4.32. The first-order valence-electron chi connectivity index (χ1n) is 5.85. The molecule has 0 aliphatic carbocycles. The minimum atomic E-state index is 0.181. The van der Waals surface area contributed by atoms with E-state index in [-0.39, 0.29) is 5.15 Å². The van der Waals surface area contributed by atoms with Crippen molar-refractivity contribution in [1.82, 2.24) is 4.98 Å². The van der Waals surface area contributed by atoms with Crippen LogP contribution in [0.4, 0.5) is 5.82 Å². The molecule has 1 aromatic heterocycles. The predicted molar refractivity (Wildman–Crippen MR) is 86.4 cm³/mol. The van der Waals surface area contributed by atoms with E-state index in [0.29, 0.717) is 15.9 Å². The Balaban J connectivity index is 2.16. The van der Waals surface area contributed by atoms with Crippen molar-refractivity contribution < 1.29 is 0 Å². The van der Waals surface area contributed by atoms with Crippen LogP contribution in [0.25, 0.3) is 0 Å². The smallest absolute Gasteiger partial charge is 0.166 e. The summed E-state index contributed by atoms with van der Waals surface area (Å²) in [6, 6.07) is 7.64. The third-order valence-electron chi connectivity index (χ3n) is 2.69. The predicted octanol–water partition coefficient (Wildman–Crippen LogP) is 5.10. The molecule has 0 amide bonds. The molecule has 0 fully saturated rings. The lowest BCUT2D eigenvalue weighted by Gasteiger charge is -2.05. The van der Waals surface area contributed by atoms with E-state index >= 15 is 0 Å². The Kier molecular flexibility index (Phi) is 4.86. The molecule has 104 valence electrons. The first-order valence-corrected chi connectivity index (χ1v) is 6.98. The molecular weight excluding hydrogens is 317 g/mol. The molecule has 0 saturated carbocycles. The number of anilines is 1. The third-order valence-corrected chi connectivity index (χ3v) is 3.65.